The van der Waals surface area contributed by atoms with Crippen LogP contribution in [0.25, 0.3) is 11.0 Å². The van der Waals surface area contributed by atoms with Gasteiger partial charge in [0.05, 0.1) is 21.6 Å². The lowest BCUT2D eigenvalue weighted by Crippen LogP contribution is -2.56. The Balaban J connectivity index is 1.16. The molecular formula is C33H40ClF3N6O4. The van der Waals surface area contributed by atoms with E-state index in [2.05, 4.69) is 15.2 Å². The normalized spacial score (nSPS) is 19.7. The molecule has 0 bridgehead atoms. The van der Waals surface area contributed by atoms with Crippen LogP contribution in [0.1, 0.15) is 62.1 Å². The number of hydrogen-bond donors (Lipinski definition) is 3. The molecule has 4 heterocycles. The maximum absolute atomic E-state index is 13.9. The number of nitrogens with one attached hydrogen (secondary N) is 2. The lowest BCUT2D eigenvalue weighted by Gasteiger charge is -2.41. The number of likely N-dealkylation sites (tertiary alicyclic amines) is 3. The number of piperidine rings is 3. The van der Waals surface area contributed by atoms with Gasteiger partial charge in [-0.2, -0.15) is 13.2 Å². The third-order valence-electron chi connectivity index (χ3n) is 9.89. The number of hydrogen-bond acceptors (Lipinski definition) is 5. The van der Waals surface area contributed by atoms with Crippen LogP contribution in [0.2, 0.25) is 5.02 Å². The van der Waals surface area contributed by atoms with E-state index in [-0.39, 0.29) is 29.6 Å². The zero-order valence-electron chi connectivity index (χ0n) is 26.1. The van der Waals surface area contributed by atoms with Gasteiger partial charge in [0.15, 0.2) is 0 Å². The minimum atomic E-state index is -4.86. The van der Waals surface area contributed by atoms with E-state index in [0.29, 0.717) is 45.1 Å². The summed E-state index contributed by atoms with van der Waals surface area (Å²) >= 11 is 5.99. The Morgan fingerprint density at radius 3 is 2.26 bits per heavy atom. The molecule has 3 amide bonds. The number of aromatic nitrogens is 2. The molecule has 1 atom stereocenters. The fraction of sp³-hybridized carbons (Fsp3) is 0.545. The molecule has 3 saturated heterocycles. The van der Waals surface area contributed by atoms with Crippen molar-refractivity contribution < 1.29 is 27.9 Å². The average Bonchev–Trinajstić information content (AvgIpc) is 3.41. The van der Waals surface area contributed by atoms with Crippen LogP contribution in [0.3, 0.4) is 0 Å². The molecule has 3 aliphatic heterocycles. The average molecular weight is 677 g/mol. The van der Waals surface area contributed by atoms with Gasteiger partial charge in [-0.25, -0.2) is 9.59 Å². The van der Waals surface area contributed by atoms with Crippen LogP contribution in [0.15, 0.2) is 41.2 Å². The summed E-state index contributed by atoms with van der Waals surface area (Å²) in [6.45, 7) is 3.72. The Labute approximate surface area is 275 Å². The number of carbonyl (C=O) groups excluding carboxylic acids is 2. The first kappa shape index (κ1) is 33.2. The highest BCUT2D eigenvalue weighted by atomic mass is 35.5. The second-order valence-electron chi connectivity index (χ2n) is 12.9. The monoisotopic (exact) mass is 676 g/mol. The number of amides is 3. The molecular weight excluding hydrogens is 637 g/mol. The molecule has 14 heteroatoms. The largest absolute Gasteiger partial charge is 0.506 e. The summed E-state index contributed by atoms with van der Waals surface area (Å²) in [5.41, 5.74) is 0.0892. The summed E-state index contributed by atoms with van der Waals surface area (Å²) in [7, 11) is 0. The van der Waals surface area contributed by atoms with E-state index in [1.54, 1.807) is 14.4 Å². The van der Waals surface area contributed by atoms with Gasteiger partial charge in [0.1, 0.15) is 11.8 Å². The Kier molecular flexibility index (Phi) is 9.75. The molecule has 3 N–H and O–H groups in total. The van der Waals surface area contributed by atoms with Gasteiger partial charge in [0.25, 0.3) is 0 Å². The number of H-pyrrole nitrogens is 1. The highest BCUT2D eigenvalue weighted by Gasteiger charge is 2.37. The molecule has 1 aromatic heterocycles. The van der Waals surface area contributed by atoms with Gasteiger partial charge in [0.2, 0.25) is 5.91 Å². The number of rotatable bonds is 6. The van der Waals surface area contributed by atoms with E-state index >= 15 is 0 Å². The number of carbonyl (C=O) groups is 2. The lowest BCUT2D eigenvalue weighted by atomic mass is 9.97. The molecule has 2 aromatic carbocycles. The van der Waals surface area contributed by atoms with Crippen LogP contribution in [0.5, 0.6) is 5.75 Å². The SMILES string of the molecule is O=C(N[C@H](Cc1cc(Cl)c(O)c(C(F)(F)F)c1)C(=O)N1CCC(N2CCCCC2)CC1)N1CCC(n2c(=O)[nH]c3ccccc32)CC1. The number of benzene rings is 2. The topological polar surface area (TPSA) is 114 Å². The van der Waals surface area contributed by atoms with E-state index in [9.17, 15) is 32.7 Å². The van der Waals surface area contributed by atoms with Crippen LogP contribution < -0.4 is 11.0 Å². The molecule has 0 spiro atoms. The van der Waals surface area contributed by atoms with Crippen LogP contribution in [0, 0.1) is 0 Å². The summed E-state index contributed by atoms with van der Waals surface area (Å²) in [6.07, 6.45) is 1.07. The predicted octanol–water partition coefficient (Wildman–Crippen LogP) is 5.14. The zero-order valence-corrected chi connectivity index (χ0v) is 26.8. The van der Waals surface area contributed by atoms with Crippen LogP contribution >= 0.6 is 11.6 Å². The molecule has 6 rings (SSSR count). The standard InChI is InChI=1S/C33H40ClF3N6O4/c34-25-19-21(18-24(29(25)44)33(35,36)37)20-27(30(45)41-14-8-22(9-15-41)40-12-4-1-5-13-40)39-31(46)42-16-10-23(11-17-42)43-28-7-3-2-6-26(28)38-32(43)47/h2-3,6-7,18-19,22-23,27,44H,1,4-5,8-17,20H2,(H,38,47)(H,39,46)/t27-/m1/s1. The number of nitrogens with zero attached hydrogens (tertiary/aromatic N) is 4. The Bertz CT molecular complexity index is 1650. The molecule has 0 radical (unpaired) electrons. The fourth-order valence-electron chi connectivity index (χ4n) is 7.38. The minimum Gasteiger partial charge on any atom is -0.506 e. The van der Waals surface area contributed by atoms with Crippen molar-refractivity contribution in [3.63, 3.8) is 0 Å². The number of aromatic hydroxyl groups is 1. The maximum Gasteiger partial charge on any atom is 0.420 e. The number of halogens is 4. The third kappa shape index (κ3) is 7.25. The molecule has 254 valence electrons. The van der Waals surface area contributed by atoms with Gasteiger partial charge in [-0.05, 0) is 81.4 Å². The van der Waals surface area contributed by atoms with Gasteiger partial charge < -0.3 is 30.1 Å². The summed E-state index contributed by atoms with van der Waals surface area (Å²) < 4.78 is 42.8. The highest BCUT2D eigenvalue weighted by Crippen LogP contribution is 2.40. The second-order valence-corrected chi connectivity index (χ2v) is 13.3. The summed E-state index contributed by atoms with van der Waals surface area (Å²) in [5, 5.41) is 12.3. The van der Waals surface area contributed by atoms with Gasteiger partial charge in [-0.15, -0.1) is 0 Å². The van der Waals surface area contributed by atoms with Gasteiger partial charge in [-0.3, -0.25) is 9.36 Å². The molecule has 0 unspecified atom stereocenters. The predicted molar refractivity (Wildman–Crippen MR) is 172 cm³/mol. The number of imidazole rings is 1. The van der Waals surface area contributed by atoms with Crippen LogP contribution in [0.4, 0.5) is 18.0 Å². The third-order valence-corrected chi connectivity index (χ3v) is 10.2. The Morgan fingerprint density at radius 1 is 0.936 bits per heavy atom. The van der Waals surface area contributed by atoms with Crippen molar-refractivity contribution in [2.75, 3.05) is 39.3 Å². The first-order chi connectivity index (χ1) is 22.5. The zero-order chi connectivity index (χ0) is 33.3. The second kappa shape index (κ2) is 13.8. The summed E-state index contributed by atoms with van der Waals surface area (Å²) in [4.78, 5) is 48.8. The number of urea groups is 1. The molecule has 10 nitrogen and oxygen atoms in total. The van der Waals surface area contributed by atoms with Gasteiger partial charge in [0, 0.05) is 44.7 Å². The van der Waals surface area contributed by atoms with Gasteiger partial charge in [-0.1, -0.05) is 30.2 Å². The molecule has 0 aliphatic carbocycles. The molecule has 3 aromatic rings. The van der Waals surface area contributed by atoms with E-state index in [1.807, 2.05) is 24.3 Å². The number of phenolic OH excluding ortho intramolecular Hbond substituents is 1. The van der Waals surface area contributed by atoms with Crippen molar-refractivity contribution in [2.24, 2.45) is 0 Å². The summed E-state index contributed by atoms with van der Waals surface area (Å²) in [5.74, 6) is -1.44. The van der Waals surface area contributed by atoms with Crippen LogP contribution in [-0.2, 0) is 17.4 Å². The van der Waals surface area contributed by atoms with Crippen molar-refractivity contribution in [3.05, 3.63) is 63.0 Å². The van der Waals surface area contributed by atoms with E-state index in [4.69, 9.17) is 11.6 Å². The fourth-order valence-corrected chi connectivity index (χ4v) is 7.63. The van der Waals surface area contributed by atoms with E-state index < -0.39 is 34.6 Å². The number of alkyl halides is 3. The quantitative estimate of drug-likeness (QED) is 0.335. The van der Waals surface area contributed by atoms with Crippen molar-refractivity contribution in [1.82, 2.24) is 29.6 Å². The first-order valence-corrected chi connectivity index (χ1v) is 16.7. The van der Waals surface area contributed by atoms with E-state index in [0.717, 1.165) is 55.9 Å². The summed E-state index contributed by atoms with van der Waals surface area (Å²) in [6, 6.07) is 8.00. The van der Waals surface area contributed by atoms with Crippen molar-refractivity contribution in [3.8, 4) is 5.75 Å². The highest BCUT2D eigenvalue weighted by molar-refractivity contribution is 6.32. The smallest absolute Gasteiger partial charge is 0.420 e. The molecule has 3 fully saturated rings. The van der Waals surface area contributed by atoms with E-state index in [1.165, 1.54) is 12.5 Å². The minimum absolute atomic E-state index is 0.0689. The maximum atomic E-state index is 13.9. The first-order valence-electron chi connectivity index (χ1n) is 16.4. The molecule has 3 aliphatic rings. The Hall–Kier alpha value is -3.71. The number of aromatic amines is 1. The number of phenols is 1. The van der Waals surface area contributed by atoms with Crippen molar-refractivity contribution in [1.29, 1.82) is 0 Å². The Morgan fingerprint density at radius 2 is 1.57 bits per heavy atom. The van der Waals surface area contributed by atoms with Crippen molar-refractivity contribution in [2.45, 2.75) is 75.7 Å². The van der Waals surface area contributed by atoms with Crippen LogP contribution in [-0.4, -0.2) is 92.6 Å². The van der Waals surface area contributed by atoms with Gasteiger partial charge >= 0.3 is 17.9 Å². The molecule has 0 saturated carbocycles. The number of fused-ring (bicyclic) bond motifs is 1. The lowest BCUT2D eigenvalue weighted by molar-refractivity contribution is -0.138. The van der Waals surface area contributed by atoms with Crippen molar-refractivity contribution >= 4 is 34.6 Å². The molecule has 47 heavy (non-hydrogen) atoms. The number of para-hydroxylation sites is 2.